The van der Waals surface area contributed by atoms with Crippen molar-refractivity contribution in [2.24, 2.45) is 0 Å². The Morgan fingerprint density at radius 2 is 2.31 bits per heavy atom. The maximum atomic E-state index is 13.4. The van der Waals surface area contributed by atoms with E-state index in [0.717, 1.165) is 0 Å². The highest BCUT2D eigenvalue weighted by Gasteiger charge is 2.20. The third-order valence-electron chi connectivity index (χ3n) is 2.11. The Hall–Kier alpha value is -1.60. The van der Waals surface area contributed by atoms with Crippen molar-refractivity contribution in [2.75, 3.05) is 13.1 Å². The predicted molar refractivity (Wildman–Crippen MR) is 58.6 cm³/mol. The maximum absolute atomic E-state index is 13.4. The average Bonchev–Trinajstić information content (AvgIpc) is 2.25. The van der Waals surface area contributed by atoms with Gasteiger partial charge in [-0.2, -0.15) is 5.26 Å². The van der Waals surface area contributed by atoms with Crippen LogP contribution in [0.3, 0.4) is 0 Å². The molecule has 0 aliphatic rings. The van der Waals surface area contributed by atoms with Gasteiger partial charge in [-0.25, -0.2) is 4.39 Å². The van der Waals surface area contributed by atoms with E-state index in [-0.39, 0.29) is 17.1 Å². The number of nitriles is 1. The number of nitrogens with zero attached hydrogens (tertiary/aromatic N) is 2. The van der Waals surface area contributed by atoms with Crippen LogP contribution >= 0.6 is 11.6 Å². The summed E-state index contributed by atoms with van der Waals surface area (Å²) in [6.45, 7) is 1.96. The molecule has 1 rings (SSSR count). The van der Waals surface area contributed by atoms with E-state index in [2.05, 4.69) is 0 Å². The Morgan fingerprint density at radius 1 is 1.62 bits per heavy atom. The molecule has 0 unspecified atom stereocenters. The number of halogens is 2. The second-order valence-corrected chi connectivity index (χ2v) is 3.48. The summed E-state index contributed by atoms with van der Waals surface area (Å²) in [5.74, 6) is -1.24. The number of carbonyl (C=O) groups excluding carboxylic acids is 1. The van der Waals surface area contributed by atoms with Crippen LogP contribution in [0.4, 0.5) is 4.39 Å². The standard InChI is InChI=1S/C11H10ClFN2O/c1-2-15(7-6-14)11(16)10-8(12)4-3-5-9(10)13/h3-5H,2,7H2,1H3. The summed E-state index contributed by atoms with van der Waals surface area (Å²) in [5, 5.41) is 8.59. The molecule has 0 bridgehead atoms. The summed E-state index contributed by atoms with van der Waals surface area (Å²) in [6.07, 6.45) is 0. The summed E-state index contributed by atoms with van der Waals surface area (Å²) in [5.41, 5.74) is -0.179. The molecule has 0 saturated heterocycles. The molecule has 16 heavy (non-hydrogen) atoms. The number of rotatable bonds is 3. The van der Waals surface area contributed by atoms with Crippen molar-refractivity contribution in [1.82, 2.24) is 4.90 Å². The Bertz CT molecular complexity index is 422. The van der Waals surface area contributed by atoms with E-state index in [1.807, 2.05) is 6.07 Å². The molecule has 0 saturated carbocycles. The summed E-state index contributed by atoms with van der Waals surface area (Å²) < 4.78 is 13.4. The van der Waals surface area contributed by atoms with Crippen molar-refractivity contribution in [3.63, 3.8) is 0 Å². The topological polar surface area (TPSA) is 44.1 Å². The molecule has 0 heterocycles. The first-order valence-electron chi connectivity index (χ1n) is 4.72. The van der Waals surface area contributed by atoms with Gasteiger partial charge in [0, 0.05) is 6.54 Å². The van der Waals surface area contributed by atoms with Crippen LogP contribution in [0.1, 0.15) is 17.3 Å². The average molecular weight is 241 g/mol. The number of carbonyl (C=O) groups is 1. The molecular weight excluding hydrogens is 231 g/mol. The van der Waals surface area contributed by atoms with E-state index in [1.54, 1.807) is 6.92 Å². The Kier molecular flexibility index (Phi) is 4.27. The zero-order chi connectivity index (χ0) is 12.1. The molecule has 0 fully saturated rings. The van der Waals surface area contributed by atoms with E-state index in [1.165, 1.54) is 23.1 Å². The molecule has 1 aromatic carbocycles. The second-order valence-electron chi connectivity index (χ2n) is 3.07. The van der Waals surface area contributed by atoms with Crippen LogP contribution in [0.2, 0.25) is 5.02 Å². The summed E-state index contributed by atoms with van der Waals surface area (Å²) >= 11 is 5.76. The first-order chi connectivity index (χ1) is 7.61. The van der Waals surface area contributed by atoms with Gasteiger partial charge in [0.15, 0.2) is 0 Å². The minimum Gasteiger partial charge on any atom is -0.325 e. The summed E-state index contributed by atoms with van der Waals surface area (Å²) in [6, 6.07) is 5.88. The van der Waals surface area contributed by atoms with E-state index in [0.29, 0.717) is 6.54 Å². The van der Waals surface area contributed by atoms with Gasteiger partial charge in [0.2, 0.25) is 0 Å². The van der Waals surface area contributed by atoms with Gasteiger partial charge in [0.05, 0.1) is 16.7 Å². The summed E-state index contributed by atoms with van der Waals surface area (Å²) in [7, 11) is 0. The molecule has 0 radical (unpaired) electrons. The first-order valence-corrected chi connectivity index (χ1v) is 5.09. The highest BCUT2D eigenvalue weighted by Crippen LogP contribution is 2.20. The van der Waals surface area contributed by atoms with E-state index >= 15 is 0 Å². The van der Waals surface area contributed by atoms with E-state index < -0.39 is 11.7 Å². The molecule has 5 heteroatoms. The SMILES string of the molecule is CCN(CC#N)C(=O)c1c(F)cccc1Cl. The molecule has 0 aliphatic carbocycles. The van der Waals surface area contributed by atoms with Gasteiger partial charge in [0.25, 0.3) is 5.91 Å². The third kappa shape index (κ3) is 2.50. The molecule has 0 spiro atoms. The fourth-order valence-corrected chi connectivity index (χ4v) is 1.52. The van der Waals surface area contributed by atoms with Crippen LogP contribution in [-0.4, -0.2) is 23.9 Å². The predicted octanol–water partition coefficient (Wildman–Crippen LogP) is 2.46. The molecular formula is C11H10ClFN2O. The van der Waals surface area contributed by atoms with Crippen molar-refractivity contribution >= 4 is 17.5 Å². The van der Waals surface area contributed by atoms with Gasteiger partial charge in [-0.15, -0.1) is 0 Å². The van der Waals surface area contributed by atoms with Crippen LogP contribution in [0.15, 0.2) is 18.2 Å². The monoisotopic (exact) mass is 240 g/mol. The van der Waals surface area contributed by atoms with Gasteiger partial charge >= 0.3 is 0 Å². The quantitative estimate of drug-likeness (QED) is 0.762. The zero-order valence-corrected chi connectivity index (χ0v) is 9.46. The molecule has 0 aliphatic heterocycles. The Morgan fingerprint density at radius 3 is 2.81 bits per heavy atom. The lowest BCUT2D eigenvalue weighted by atomic mass is 10.2. The van der Waals surface area contributed by atoms with Gasteiger partial charge in [-0.1, -0.05) is 17.7 Å². The zero-order valence-electron chi connectivity index (χ0n) is 8.70. The van der Waals surface area contributed by atoms with Crippen molar-refractivity contribution in [2.45, 2.75) is 6.92 Å². The van der Waals surface area contributed by atoms with E-state index in [4.69, 9.17) is 16.9 Å². The fourth-order valence-electron chi connectivity index (χ4n) is 1.27. The first kappa shape index (κ1) is 12.5. The van der Waals surface area contributed by atoms with Crippen LogP contribution in [-0.2, 0) is 0 Å². The summed E-state index contributed by atoms with van der Waals surface area (Å²) in [4.78, 5) is 13.1. The van der Waals surface area contributed by atoms with Crippen molar-refractivity contribution in [1.29, 1.82) is 5.26 Å². The number of benzene rings is 1. The van der Waals surface area contributed by atoms with Crippen LogP contribution < -0.4 is 0 Å². The highest BCUT2D eigenvalue weighted by atomic mass is 35.5. The van der Waals surface area contributed by atoms with Gasteiger partial charge in [-0.05, 0) is 19.1 Å². The molecule has 1 aromatic rings. The van der Waals surface area contributed by atoms with E-state index in [9.17, 15) is 9.18 Å². The fraction of sp³-hybridized carbons (Fsp3) is 0.273. The molecule has 3 nitrogen and oxygen atoms in total. The molecule has 0 aromatic heterocycles. The lowest BCUT2D eigenvalue weighted by Gasteiger charge is -2.18. The van der Waals surface area contributed by atoms with Crippen LogP contribution in [0, 0.1) is 17.1 Å². The largest absolute Gasteiger partial charge is 0.325 e. The molecule has 0 N–H and O–H groups in total. The lowest BCUT2D eigenvalue weighted by Crippen LogP contribution is -2.32. The number of hydrogen-bond acceptors (Lipinski definition) is 2. The minimum absolute atomic E-state index is 0.0568. The van der Waals surface area contributed by atoms with Crippen molar-refractivity contribution in [3.8, 4) is 6.07 Å². The number of hydrogen-bond donors (Lipinski definition) is 0. The highest BCUT2D eigenvalue weighted by molar-refractivity contribution is 6.33. The smallest absolute Gasteiger partial charge is 0.259 e. The molecule has 0 atom stereocenters. The van der Waals surface area contributed by atoms with Crippen LogP contribution in [0.5, 0.6) is 0 Å². The maximum Gasteiger partial charge on any atom is 0.259 e. The molecule has 84 valence electrons. The third-order valence-corrected chi connectivity index (χ3v) is 2.42. The molecule has 1 amide bonds. The van der Waals surface area contributed by atoms with Crippen molar-refractivity contribution < 1.29 is 9.18 Å². The van der Waals surface area contributed by atoms with Gasteiger partial charge < -0.3 is 4.90 Å². The van der Waals surface area contributed by atoms with Gasteiger partial charge in [-0.3, -0.25) is 4.79 Å². The normalized spacial score (nSPS) is 9.62. The second kappa shape index (κ2) is 5.47. The number of amides is 1. The van der Waals surface area contributed by atoms with Gasteiger partial charge in [0.1, 0.15) is 12.4 Å². The van der Waals surface area contributed by atoms with Crippen molar-refractivity contribution in [3.05, 3.63) is 34.6 Å². The lowest BCUT2D eigenvalue weighted by molar-refractivity contribution is 0.0779. The Balaban J connectivity index is 3.09. The van der Waals surface area contributed by atoms with Crippen LogP contribution in [0.25, 0.3) is 0 Å². The minimum atomic E-state index is -0.672. The Labute approximate surface area is 98.0 Å².